The molecule has 2 aromatic rings. The number of hydrogen-bond acceptors (Lipinski definition) is 3. The Morgan fingerprint density at radius 3 is 1.87 bits per heavy atom. The van der Waals surface area contributed by atoms with Crippen LogP contribution in [0.15, 0.2) is 60.7 Å². The molecule has 0 heterocycles. The smallest absolute Gasteiger partial charge is 0.192 e. The lowest BCUT2D eigenvalue weighted by molar-refractivity contribution is 0.102. The average Bonchev–Trinajstić information content (AvgIpc) is 2.72. The first-order chi connectivity index (χ1) is 14.6. The van der Waals surface area contributed by atoms with E-state index in [-0.39, 0.29) is 16.8 Å². The highest BCUT2D eigenvalue weighted by atomic mass is 31.2. The third-order valence-electron chi connectivity index (χ3n) is 7.27. The first kappa shape index (κ1) is 24.4. The van der Waals surface area contributed by atoms with E-state index in [9.17, 15) is 9.67 Å². The highest BCUT2D eigenvalue weighted by Crippen LogP contribution is 2.53. The summed E-state index contributed by atoms with van der Waals surface area (Å²) < 4.78 is 21.6. The van der Waals surface area contributed by atoms with Gasteiger partial charge in [-0.25, -0.2) is 0 Å². The lowest BCUT2D eigenvalue weighted by Gasteiger charge is -2.41. The Labute approximate surface area is 189 Å². The van der Waals surface area contributed by atoms with Crippen molar-refractivity contribution in [1.82, 2.24) is 0 Å². The molecule has 1 fully saturated rings. The molecule has 0 unspecified atom stereocenters. The highest BCUT2D eigenvalue weighted by molar-refractivity contribution is 7.79. The van der Waals surface area contributed by atoms with Crippen molar-refractivity contribution in [3.63, 3.8) is 0 Å². The van der Waals surface area contributed by atoms with Gasteiger partial charge in [-0.15, -0.1) is 0 Å². The second kappa shape index (κ2) is 9.75. The molecular weight excluding hydrogens is 419 g/mol. The second-order valence-corrected chi connectivity index (χ2v) is 18.2. The Hall–Kier alpha value is -1.19. The largest absolute Gasteiger partial charge is 0.414 e. The standard InChI is InChI=1S/C26H39O3PSi/c1-26(2,3)31(4,5)29-21-13-12-18-24(27)25(20-19-21)30(28,22-14-8-6-9-15-22)23-16-10-7-11-17-23/h6-11,14-17,21,24-25,27H,12-13,18-20H2,1-5H3/t21-,24+,25+/m1/s1. The van der Waals surface area contributed by atoms with E-state index in [1.54, 1.807) is 0 Å². The summed E-state index contributed by atoms with van der Waals surface area (Å²) >= 11 is 0. The molecule has 3 rings (SSSR count). The van der Waals surface area contributed by atoms with Crippen molar-refractivity contribution < 1.29 is 14.1 Å². The summed E-state index contributed by atoms with van der Waals surface area (Å²) in [5.41, 5.74) is -0.289. The zero-order chi connectivity index (χ0) is 22.7. The second-order valence-electron chi connectivity index (χ2n) is 10.5. The zero-order valence-electron chi connectivity index (χ0n) is 19.8. The Morgan fingerprint density at radius 2 is 1.39 bits per heavy atom. The maximum Gasteiger partial charge on any atom is 0.192 e. The third-order valence-corrected chi connectivity index (χ3v) is 15.5. The van der Waals surface area contributed by atoms with Crippen LogP contribution in [-0.2, 0) is 8.99 Å². The van der Waals surface area contributed by atoms with Crippen LogP contribution in [0.3, 0.4) is 0 Å². The van der Waals surface area contributed by atoms with Crippen LogP contribution in [0.2, 0.25) is 18.1 Å². The molecule has 1 aliphatic rings. The molecule has 2 aromatic carbocycles. The molecular formula is C26H39O3PSi. The van der Waals surface area contributed by atoms with Gasteiger partial charge in [-0.05, 0) is 50.2 Å². The van der Waals surface area contributed by atoms with Gasteiger partial charge in [-0.3, -0.25) is 0 Å². The van der Waals surface area contributed by atoms with Crippen molar-refractivity contribution >= 4 is 26.1 Å². The fourth-order valence-electron chi connectivity index (χ4n) is 4.41. The van der Waals surface area contributed by atoms with Gasteiger partial charge in [0.1, 0.15) is 7.14 Å². The summed E-state index contributed by atoms with van der Waals surface area (Å²) in [6, 6.07) is 19.5. The van der Waals surface area contributed by atoms with E-state index >= 15 is 0 Å². The molecule has 0 amide bonds. The normalized spacial score (nSPS) is 23.7. The fourth-order valence-corrected chi connectivity index (χ4v) is 9.27. The van der Waals surface area contributed by atoms with E-state index < -0.39 is 21.6 Å². The molecule has 3 atom stereocenters. The predicted octanol–water partition coefficient (Wildman–Crippen LogP) is 6.08. The van der Waals surface area contributed by atoms with E-state index in [0.29, 0.717) is 12.8 Å². The molecule has 0 bridgehead atoms. The third kappa shape index (κ3) is 5.42. The summed E-state index contributed by atoms with van der Waals surface area (Å²) in [5, 5.41) is 13.0. The monoisotopic (exact) mass is 458 g/mol. The van der Waals surface area contributed by atoms with Gasteiger partial charge < -0.3 is 14.1 Å². The van der Waals surface area contributed by atoms with E-state index in [2.05, 4.69) is 33.9 Å². The van der Waals surface area contributed by atoms with Gasteiger partial charge >= 0.3 is 0 Å². The number of aliphatic hydroxyl groups excluding tert-OH is 1. The van der Waals surface area contributed by atoms with Crippen molar-refractivity contribution in [3.8, 4) is 0 Å². The van der Waals surface area contributed by atoms with Crippen LogP contribution in [0.4, 0.5) is 0 Å². The van der Waals surface area contributed by atoms with Gasteiger partial charge in [0.25, 0.3) is 0 Å². The van der Waals surface area contributed by atoms with Gasteiger partial charge in [0.2, 0.25) is 0 Å². The van der Waals surface area contributed by atoms with Crippen LogP contribution in [0, 0.1) is 0 Å². The van der Waals surface area contributed by atoms with Crippen LogP contribution < -0.4 is 10.6 Å². The molecule has 0 aliphatic heterocycles. The zero-order valence-corrected chi connectivity index (χ0v) is 21.6. The lowest BCUT2D eigenvalue weighted by atomic mass is 9.96. The van der Waals surface area contributed by atoms with E-state index in [1.807, 2.05) is 60.7 Å². The molecule has 1 N–H and O–H groups in total. The van der Waals surface area contributed by atoms with Gasteiger partial charge in [0.15, 0.2) is 8.32 Å². The van der Waals surface area contributed by atoms with Crippen molar-refractivity contribution in [2.75, 3.05) is 0 Å². The number of rotatable bonds is 5. The molecule has 0 saturated heterocycles. The molecule has 1 aliphatic carbocycles. The SMILES string of the molecule is CC(C)(C)[Si](C)(C)O[C@@H]1CCC[C@H](O)[C@@H](P(=O)(c2ccccc2)c2ccccc2)CC1. The van der Waals surface area contributed by atoms with Crippen LogP contribution in [0.1, 0.15) is 52.9 Å². The van der Waals surface area contributed by atoms with Crippen molar-refractivity contribution in [1.29, 1.82) is 0 Å². The average molecular weight is 459 g/mol. The molecule has 0 radical (unpaired) electrons. The summed E-state index contributed by atoms with van der Waals surface area (Å²) in [6.07, 6.45) is 3.71. The topological polar surface area (TPSA) is 46.5 Å². The molecule has 0 aromatic heterocycles. The van der Waals surface area contributed by atoms with Crippen LogP contribution in [0.5, 0.6) is 0 Å². The molecule has 1 saturated carbocycles. The minimum Gasteiger partial charge on any atom is -0.414 e. The summed E-state index contributed by atoms with van der Waals surface area (Å²) in [6.45, 7) is 11.4. The predicted molar refractivity (Wildman–Crippen MR) is 135 cm³/mol. The Morgan fingerprint density at radius 1 is 0.871 bits per heavy atom. The number of benzene rings is 2. The number of hydrogen-bond donors (Lipinski definition) is 1. The van der Waals surface area contributed by atoms with Gasteiger partial charge in [0, 0.05) is 22.4 Å². The Kier molecular flexibility index (Phi) is 7.69. The highest BCUT2D eigenvalue weighted by Gasteiger charge is 2.43. The first-order valence-corrected chi connectivity index (χ1v) is 16.3. The maximum absolute atomic E-state index is 14.8. The van der Waals surface area contributed by atoms with Gasteiger partial charge in [0.05, 0.1) is 6.10 Å². The van der Waals surface area contributed by atoms with E-state index in [0.717, 1.165) is 29.9 Å². The van der Waals surface area contributed by atoms with Crippen molar-refractivity contribution in [2.24, 2.45) is 0 Å². The molecule has 170 valence electrons. The minimum atomic E-state index is -3.01. The van der Waals surface area contributed by atoms with Gasteiger partial charge in [-0.2, -0.15) is 0 Å². The van der Waals surface area contributed by atoms with Crippen LogP contribution >= 0.6 is 7.14 Å². The van der Waals surface area contributed by atoms with Gasteiger partial charge in [-0.1, -0.05) is 81.4 Å². The lowest BCUT2D eigenvalue weighted by Crippen LogP contribution is -2.45. The summed E-state index contributed by atoms with van der Waals surface area (Å²) in [5.74, 6) is 0. The van der Waals surface area contributed by atoms with Crippen LogP contribution in [0.25, 0.3) is 0 Å². The maximum atomic E-state index is 14.8. The van der Waals surface area contributed by atoms with E-state index in [1.165, 1.54) is 0 Å². The van der Waals surface area contributed by atoms with Crippen LogP contribution in [-0.4, -0.2) is 31.3 Å². The minimum absolute atomic E-state index is 0.164. The molecule has 5 heteroatoms. The first-order valence-electron chi connectivity index (χ1n) is 11.6. The molecule has 0 spiro atoms. The Bertz CT molecular complexity index is 833. The molecule has 31 heavy (non-hydrogen) atoms. The van der Waals surface area contributed by atoms with E-state index in [4.69, 9.17) is 4.43 Å². The Balaban J connectivity index is 1.93. The fraction of sp³-hybridized carbons (Fsp3) is 0.538. The molecule has 3 nitrogen and oxygen atoms in total. The van der Waals surface area contributed by atoms with Crippen molar-refractivity contribution in [2.45, 2.75) is 88.9 Å². The summed E-state index contributed by atoms with van der Waals surface area (Å²) in [4.78, 5) is 0. The van der Waals surface area contributed by atoms with Crippen molar-refractivity contribution in [3.05, 3.63) is 60.7 Å². The number of aliphatic hydroxyl groups is 1. The summed E-state index contributed by atoms with van der Waals surface area (Å²) in [7, 11) is -4.88. The quantitative estimate of drug-likeness (QED) is 0.436.